The fourth-order valence-corrected chi connectivity index (χ4v) is 7.18. The van der Waals surface area contributed by atoms with Crippen LogP contribution in [-0.2, 0) is 23.0 Å². The summed E-state index contributed by atoms with van der Waals surface area (Å²) < 4.78 is 36.8. The van der Waals surface area contributed by atoms with Gasteiger partial charge in [0.05, 0.1) is 39.0 Å². The molecule has 1 saturated heterocycles. The van der Waals surface area contributed by atoms with Gasteiger partial charge in [-0.25, -0.2) is 9.97 Å². The van der Waals surface area contributed by atoms with E-state index < -0.39 is 15.9 Å². The average Bonchev–Trinajstić information content (AvgIpc) is 3.05. The van der Waals surface area contributed by atoms with E-state index in [2.05, 4.69) is 27.4 Å². The quantitative estimate of drug-likeness (QED) is 0.0681. The van der Waals surface area contributed by atoms with E-state index in [0.717, 1.165) is 80.5 Å². The van der Waals surface area contributed by atoms with Crippen molar-refractivity contribution in [2.24, 2.45) is 5.92 Å². The van der Waals surface area contributed by atoms with Gasteiger partial charge in [0, 0.05) is 37.3 Å². The highest BCUT2D eigenvalue weighted by Crippen LogP contribution is 2.30. The number of anilines is 2. The number of amides is 1. The highest BCUT2D eigenvalue weighted by molar-refractivity contribution is 7.85. The molecule has 260 valence electrons. The minimum Gasteiger partial charge on any atom is -0.497 e. The van der Waals surface area contributed by atoms with Crippen LogP contribution >= 0.6 is 11.6 Å². The number of ether oxygens (including phenoxy) is 1. The second-order valence-corrected chi connectivity index (χ2v) is 14.5. The first-order chi connectivity index (χ1) is 22.9. The Kier molecular flexibility index (Phi) is 13.2. The minimum absolute atomic E-state index is 0.00129. The van der Waals surface area contributed by atoms with Gasteiger partial charge in [0.2, 0.25) is 0 Å². The Morgan fingerprint density at radius 1 is 0.979 bits per heavy atom. The van der Waals surface area contributed by atoms with Gasteiger partial charge in [-0.05, 0) is 67.5 Å². The first kappa shape index (κ1) is 37.0. The number of likely N-dealkylation sites (tertiary alicyclic amines) is 1. The Balaban J connectivity index is 1.38. The van der Waals surface area contributed by atoms with Gasteiger partial charge in [0.15, 0.2) is 22.6 Å². The Hall–Kier alpha value is -3.78. The van der Waals surface area contributed by atoms with Gasteiger partial charge in [-0.1, -0.05) is 35.9 Å². The maximum Gasteiger partial charge on any atom is 0.264 e. The molecule has 2 atom stereocenters. The van der Waals surface area contributed by atoms with Crippen molar-refractivity contribution < 1.29 is 31.8 Å². The number of ketones is 1. The van der Waals surface area contributed by atoms with Crippen molar-refractivity contribution in [2.45, 2.75) is 51.4 Å². The zero-order valence-electron chi connectivity index (χ0n) is 27.4. The SMILES string of the molecule is COc1ccc(CCC[N+]2(CCCc3ccc(C(=O)NCCCS(=O)(=O)O)cc3)CCCC(CC(=O)c3nc(Cl)c(N)nc3N)C2)cc1. The number of nitrogens with zero attached hydrogens (tertiary/aromatic N) is 3. The number of hydrogen-bond acceptors (Lipinski definition) is 9. The molecule has 6 N–H and O–H groups in total. The second kappa shape index (κ2) is 17.0. The molecule has 4 rings (SSSR count). The number of carbonyl (C=O) groups excluding carboxylic acids is 2. The Morgan fingerprint density at radius 3 is 2.21 bits per heavy atom. The van der Waals surface area contributed by atoms with E-state index >= 15 is 0 Å². The summed E-state index contributed by atoms with van der Waals surface area (Å²) in [6, 6.07) is 15.6. The number of methoxy groups -OCH3 is 1. The van der Waals surface area contributed by atoms with Crippen LogP contribution in [0.4, 0.5) is 11.6 Å². The number of benzene rings is 2. The van der Waals surface area contributed by atoms with Gasteiger partial charge in [0.25, 0.3) is 16.0 Å². The molecule has 0 bridgehead atoms. The Labute approximate surface area is 287 Å². The lowest BCUT2D eigenvalue weighted by molar-refractivity contribution is -0.936. The van der Waals surface area contributed by atoms with E-state index in [-0.39, 0.29) is 53.1 Å². The number of aromatic nitrogens is 2. The molecule has 0 saturated carbocycles. The van der Waals surface area contributed by atoms with Crippen LogP contribution < -0.4 is 21.5 Å². The van der Waals surface area contributed by atoms with Crippen molar-refractivity contribution >= 4 is 45.0 Å². The summed E-state index contributed by atoms with van der Waals surface area (Å²) in [5.41, 5.74) is 14.6. The number of Topliss-reactive ketones (excluding diaryl/α,β-unsaturated/α-hetero) is 1. The molecule has 1 aliphatic heterocycles. The van der Waals surface area contributed by atoms with Crippen molar-refractivity contribution in [3.8, 4) is 5.75 Å². The van der Waals surface area contributed by atoms with Crippen LogP contribution in [-0.4, -0.2) is 84.7 Å². The topological polar surface area (TPSA) is 188 Å². The van der Waals surface area contributed by atoms with Crippen molar-refractivity contribution in [1.29, 1.82) is 0 Å². The van der Waals surface area contributed by atoms with Gasteiger partial charge in [0.1, 0.15) is 11.4 Å². The molecule has 12 nitrogen and oxygen atoms in total. The molecule has 0 spiro atoms. The predicted molar refractivity (Wildman–Crippen MR) is 187 cm³/mol. The van der Waals surface area contributed by atoms with Crippen LogP contribution in [0.1, 0.15) is 70.5 Å². The lowest BCUT2D eigenvalue weighted by Crippen LogP contribution is -2.55. The third kappa shape index (κ3) is 11.1. The number of nitrogen functional groups attached to an aromatic ring is 2. The number of rotatable bonds is 17. The molecule has 14 heteroatoms. The summed E-state index contributed by atoms with van der Waals surface area (Å²) in [7, 11) is -2.39. The van der Waals surface area contributed by atoms with Crippen molar-refractivity contribution in [3.05, 3.63) is 76.1 Å². The fraction of sp³-hybridized carbons (Fsp3) is 0.471. The van der Waals surface area contributed by atoms with Crippen LogP contribution in [0.3, 0.4) is 0 Å². The van der Waals surface area contributed by atoms with E-state index in [1.54, 1.807) is 19.2 Å². The minimum atomic E-state index is -4.05. The molecule has 1 fully saturated rings. The van der Waals surface area contributed by atoms with Crippen LogP contribution in [0.25, 0.3) is 0 Å². The molecule has 48 heavy (non-hydrogen) atoms. The first-order valence-corrected chi connectivity index (χ1v) is 18.3. The zero-order chi connectivity index (χ0) is 34.7. The highest BCUT2D eigenvalue weighted by Gasteiger charge is 2.36. The van der Waals surface area contributed by atoms with Crippen molar-refractivity contribution in [3.63, 3.8) is 0 Å². The summed E-state index contributed by atoms with van der Waals surface area (Å²) in [6.45, 7) is 4.02. The van der Waals surface area contributed by atoms with Crippen LogP contribution in [0.15, 0.2) is 48.5 Å². The normalized spacial score (nSPS) is 17.9. The predicted octanol–water partition coefficient (Wildman–Crippen LogP) is 4.38. The number of hydrogen-bond donors (Lipinski definition) is 4. The number of halogens is 1. The van der Waals surface area contributed by atoms with Gasteiger partial charge in [-0.15, -0.1) is 0 Å². The largest absolute Gasteiger partial charge is 0.497 e. The molecule has 0 radical (unpaired) electrons. The molecule has 0 aliphatic carbocycles. The number of aryl methyl sites for hydroxylation is 2. The van der Waals surface area contributed by atoms with Gasteiger partial charge < -0.3 is 26.0 Å². The third-order valence-electron chi connectivity index (χ3n) is 8.97. The Bertz CT molecular complexity index is 1660. The highest BCUT2D eigenvalue weighted by atomic mass is 35.5. The van der Waals surface area contributed by atoms with Crippen LogP contribution in [0, 0.1) is 5.92 Å². The fourth-order valence-electron chi connectivity index (χ4n) is 6.55. The van der Waals surface area contributed by atoms with Gasteiger partial charge in [-0.3, -0.25) is 14.1 Å². The monoisotopic (exact) mass is 701 g/mol. The summed E-state index contributed by atoms with van der Waals surface area (Å²) in [5, 5.41) is 2.66. The molecule has 2 unspecified atom stereocenters. The van der Waals surface area contributed by atoms with Gasteiger partial charge in [-0.2, -0.15) is 8.42 Å². The maximum absolute atomic E-state index is 13.3. The van der Waals surface area contributed by atoms with E-state index in [0.29, 0.717) is 12.0 Å². The summed E-state index contributed by atoms with van der Waals surface area (Å²) in [4.78, 5) is 33.8. The third-order valence-corrected chi connectivity index (χ3v) is 10.1. The molecule has 1 aliphatic rings. The maximum atomic E-state index is 13.3. The summed E-state index contributed by atoms with van der Waals surface area (Å²) >= 11 is 6.05. The van der Waals surface area contributed by atoms with Crippen LogP contribution in [0.2, 0.25) is 5.15 Å². The molecule has 1 aromatic heterocycles. The van der Waals surface area contributed by atoms with Crippen molar-refractivity contribution in [2.75, 3.05) is 57.1 Å². The summed E-state index contributed by atoms with van der Waals surface area (Å²) in [6.07, 6.45) is 6.14. The van der Waals surface area contributed by atoms with E-state index in [1.807, 2.05) is 24.3 Å². The standard InChI is InChI=1S/C34H45ClN6O6S/c1-47-28-15-11-25(12-16-28)7-3-19-41(20-4-8-26(23-41)22-29(42)30-32(36)40-33(37)31(35)39-30)18-2-6-24-9-13-27(14-10-24)34(43)38-17-5-21-48(44,45)46/h9-16,26H,2-8,17-23H2,1H3,(H5-,36,37,38,40,42,43,44,45,46)/p+1. The zero-order valence-corrected chi connectivity index (χ0v) is 28.9. The van der Waals surface area contributed by atoms with E-state index in [1.165, 1.54) is 5.56 Å². The number of nitrogens with one attached hydrogen (secondary N) is 1. The van der Waals surface area contributed by atoms with Crippen LogP contribution in [0.5, 0.6) is 5.75 Å². The number of quaternary nitrogens is 1. The van der Waals surface area contributed by atoms with E-state index in [4.69, 9.17) is 32.4 Å². The molecular weight excluding hydrogens is 656 g/mol. The first-order valence-electron chi connectivity index (χ1n) is 16.3. The number of carbonyl (C=O) groups is 2. The van der Waals surface area contributed by atoms with Crippen molar-refractivity contribution in [1.82, 2.24) is 15.3 Å². The molecule has 2 heterocycles. The molecular formula is C34H46ClN6O6S+. The Morgan fingerprint density at radius 2 is 1.60 bits per heavy atom. The molecule has 2 aromatic carbocycles. The van der Waals surface area contributed by atoms with Gasteiger partial charge >= 0.3 is 0 Å². The number of piperidine rings is 1. The average molecular weight is 702 g/mol. The smallest absolute Gasteiger partial charge is 0.264 e. The summed E-state index contributed by atoms with van der Waals surface area (Å²) in [5.74, 6) is 0.142. The second-order valence-electron chi connectivity index (χ2n) is 12.6. The molecule has 1 amide bonds. The number of nitrogens with two attached hydrogens (primary N) is 2. The lowest BCUT2D eigenvalue weighted by atomic mass is 9.89. The molecule has 3 aromatic rings. The van der Waals surface area contributed by atoms with E-state index in [9.17, 15) is 18.0 Å². The lowest BCUT2D eigenvalue weighted by Gasteiger charge is -2.45.